The third-order valence-corrected chi connectivity index (χ3v) is 5.38. The Morgan fingerprint density at radius 2 is 2.32 bits per heavy atom. The highest BCUT2D eigenvalue weighted by Crippen LogP contribution is 2.34. The van der Waals surface area contributed by atoms with Crippen molar-refractivity contribution < 1.29 is 9.84 Å². The molecule has 1 aliphatic rings. The number of ether oxygens (including phenoxy) is 1. The van der Waals surface area contributed by atoms with Crippen LogP contribution in [0.3, 0.4) is 0 Å². The van der Waals surface area contributed by atoms with Gasteiger partial charge < -0.3 is 14.8 Å². The summed E-state index contributed by atoms with van der Waals surface area (Å²) in [6.45, 7) is 2.55. The lowest BCUT2D eigenvalue weighted by molar-refractivity contribution is 0.221. The van der Waals surface area contributed by atoms with Crippen molar-refractivity contribution in [3.05, 3.63) is 70.9 Å². The monoisotopic (exact) mass is 352 g/mol. The van der Waals surface area contributed by atoms with Crippen LogP contribution in [0.5, 0.6) is 5.75 Å². The Labute approximate surface area is 150 Å². The van der Waals surface area contributed by atoms with E-state index in [0.29, 0.717) is 12.5 Å². The van der Waals surface area contributed by atoms with Gasteiger partial charge in [-0.25, -0.2) is 4.98 Å². The quantitative estimate of drug-likeness (QED) is 0.715. The van der Waals surface area contributed by atoms with Gasteiger partial charge in [-0.2, -0.15) is 0 Å². The molecule has 0 saturated heterocycles. The molecule has 2 N–H and O–H groups in total. The van der Waals surface area contributed by atoms with Crippen LogP contribution in [0.25, 0.3) is 11.0 Å². The summed E-state index contributed by atoms with van der Waals surface area (Å²) >= 11 is 1.82. The number of allylic oxidation sites excluding steroid dienone is 1. The van der Waals surface area contributed by atoms with Gasteiger partial charge in [0.1, 0.15) is 17.5 Å². The number of hydrogen-bond acceptors (Lipinski definition) is 4. The molecule has 2 aromatic heterocycles. The van der Waals surface area contributed by atoms with E-state index >= 15 is 0 Å². The minimum atomic E-state index is -0.722. The van der Waals surface area contributed by atoms with E-state index < -0.39 is 6.10 Å². The molecule has 3 heterocycles. The number of H-pyrrole nitrogens is 1. The third kappa shape index (κ3) is 3.17. The van der Waals surface area contributed by atoms with Crippen molar-refractivity contribution in [2.24, 2.45) is 0 Å². The van der Waals surface area contributed by atoms with Gasteiger partial charge in [0.15, 0.2) is 0 Å². The van der Waals surface area contributed by atoms with Crippen molar-refractivity contribution in [2.45, 2.75) is 18.9 Å². The minimum Gasteiger partial charge on any atom is -0.494 e. The standard InChI is InChI=1S/C20H20N2O2S/c1-2-24-16-5-3-4-13(8-16)19(23)18-11-22-20-17(18)9-15(10-21-20)14-6-7-25-12-14/h3-11,14,19,23H,2,12H2,1H3,(H,21,22). The van der Waals surface area contributed by atoms with Crippen molar-refractivity contribution in [3.63, 3.8) is 0 Å². The molecule has 3 aromatic rings. The molecule has 0 aliphatic carbocycles. The van der Waals surface area contributed by atoms with E-state index in [1.165, 1.54) is 5.56 Å². The molecule has 128 valence electrons. The van der Waals surface area contributed by atoms with Crippen LogP contribution in [0.15, 0.2) is 54.2 Å². The van der Waals surface area contributed by atoms with Gasteiger partial charge in [-0.1, -0.05) is 18.2 Å². The molecule has 1 aliphatic heterocycles. The Bertz CT molecular complexity index is 919. The molecule has 0 fully saturated rings. The van der Waals surface area contributed by atoms with E-state index in [1.54, 1.807) is 0 Å². The molecule has 1 aromatic carbocycles. The van der Waals surface area contributed by atoms with Gasteiger partial charge in [0.2, 0.25) is 0 Å². The number of nitrogens with one attached hydrogen (secondary N) is 1. The lowest BCUT2D eigenvalue weighted by atomic mass is 9.98. The average Bonchev–Trinajstić information content (AvgIpc) is 3.31. The lowest BCUT2D eigenvalue weighted by Crippen LogP contribution is -2.01. The van der Waals surface area contributed by atoms with Crippen LogP contribution in [0, 0.1) is 0 Å². The molecular weight excluding hydrogens is 332 g/mol. The summed E-state index contributed by atoms with van der Waals surface area (Å²) in [5.74, 6) is 2.21. The molecular formula is C20H20N2O2S. The molecule has 25 heavy (non-hydrogen) atoms. The maximum atomic E-state index is 10.9. The van der Waals surface area contributed by atoms with E-state index in [-0.39, 0.29) is 0 Å². The zero-order valence-electron chi connectivity index (χ0n) is 14.0. The molecule has 4 nitrogen and oxygen atoms in total. The van der Waals surface area contributed by atoms with Crippen molar-refractivity contribution in [2.75, 3.05) is 12.4 Å². The number of aliphatic hydroxyl groups is 1. The van der Waals surface area contributed by atoms with Crippen molar-refractivity contribution in [1.82, 2.24) is 9.97 Å². The fourth-order valence-corrected chi connectivity index (χ4v) is 4.08. The second-order valence-corrected chi connectivity index (χ2v) is 7.02. The minimum absolute atomic E-state index is 0.392. The van der Waals surface area contributed by atoms with E-state index in [4.69, 9.17) is 4.74 Å². The molecule has 0 bridgehead atoms. The second-order valence-electron chi connectivity index (χ2n) is 6.09. The summed E-state index contributed by atoms with van der Waals surface area (Å²) in [4.78, 5) is 7.71. The third-order valence-electron chi connectivity index (χ3n) is 4.47. The summed E-state index contributed by atoms with van der Waals surface area (Å²) in [5, 5.41) is 14.0. The van der Waals surface area contributed by atoms with Crippen LogP contribution in [-0.2, 0) is 0 Å². The molecule has 4 rings (SSSR count). The van der Waals surface area contributed by atoms with Crippen LogP contribution in [0.1, 0.15) is 35.6 Å². The predicted octanol–water partition coefficient (Wildman–Crippen LogP) is 4.39. The Morgan fingerprint density at radius 3 is 3.12 bits per heavy atom. The Balaban J connectivity index is 1.71. The van der Waals surface area contributed by atoms with Crippen LogP contribution in [0.4, 0.5) is 0 Å². The van der Waals surface area contributed by atoms with Crippen LogP contribution in [-0.4, -0.2) is 27.4 Å². The van der Waals surface area contributed by atoms with Crippen molar-refractivity contribution in [3.8, 4) is 5.75 Å². The zero-order valence-corrected chi connectivity index (χ0v) is 14.8. The Morgan fingerprint density at radius 1 is 1.40 bits per heavy atom. The van der Waals surface area contributed by atoms with Crippen molar-refractivity contribution >= 4 is 22.8 Å². The summed E-state index contributed by atoms with van der Waals surface area (Å²) in [6, 6.07) is 9.76. The molecule has 0 amide bonds. The maximum absolute atomic E-state index is 10.9. The molecule has 0 saturated carbocycles. The number of aliphatic hydroxyl groups excluding tert-OH is 1. The van der Waals surface area contributed by atoms with Gasteiger partial charge in [0.05, 0.1) is 6.61 Å². The Hall–Kier alpha value is -2.24. The summed E-state index contributed by atoms with van der Waals surface area (Å²) in [5.41, 5.74) is 3.64. The SMILES string of the molecule is CCOc1cccc(C(O)c2c[nH]c3ncc(C4C=CSC4)cc23)c1. The highest BCUT2D eigenvalue weighted by molar-refractivity contribution is 8.02. The number of pyridine rings is 1. The average molecular weight is 352 g/mol. The summed E-state index contributed by atoms with van der Waals surface area (Å²) in [7, 11) is 0. The van der Waals surface area contributed by atoms with Crippen LogP contribution < -0.4 is 4.74 Å². The van der Waals surface area contributed by atoms with Gasteiger partial charge in [-0.3, -0.25) is 0 Å². The lowest BCUT2D eigenvalue weighted by Gasteiger charge is -2.13. The fourth-order valence-electron chi connectivity index (χ4n) is 3.16. The molecule has 2 atom stereocenters. The largest absolute Gasteiger partial charge is 0.494 e. The van der Waals surface area contributed by atoms with Crippen molar-refractivity contribution in [1.29, 1.82) is 0 Å². The smallest absolute Gasteiger partial charge is 0.137 e. The molecule has 5 heteroatoms. The van der Waals surface area contributed by atoms with E-state index in [2.05, 4.69) is 27.5 Å². The molecule has 0 radical (unpaired) electrons. The first-order chi connectivity index (χ1) is 12.3. The molecule has 2 unspecified atom stereocenters. The first kappa shape index (κ1) is 16.2. The number of rotatable bonds is 5. The predicted molar refractivity (Wildman–Crippen MR) is 102 cm³/mol. The number of thioether (sulfide) groups is 1. The van der Waals surface area contributed by atoms with Gasteiger partial charge in [-0.15, -0.1) is 11.8 Å². The first-order valence-electron chi connectivity index (χ1n) is 8.42. The summed E-state index contributed by atoms with van der Waals surface area (Å²) in [6.07, 6.45) is 5.26. The maximum Gasteiger partial charge on any atom is 0.137 e. The van der Waals surface area contributed by atoms with Gasteiger partial charge in [0, 0.05) is 35.0 Å². The van der Waals surface area contributed by atoms with Gasteiger partial charge in [-0.05, 0) is 41.7 Å². The van der Waals surface area contributed by atoms with E-state index in [9.17, 15) is 5.11 Å². The number of fused-ring (bicyclic) bond motifs is 1. The second kappa shape index (κ2) is 6.94. The topological polar surface area (TPSA) is 58.1 Å². The number of aromatic nitrogens is 2. The van der Waals surface area contributed by atoms with Gasteiger partial charge >= 0.3 is 0 Å². The zero-order chi connectivity index (χ0) is 17.2. The fraction of sp³-hybridized carbons (Fsp3) is 0.250. The Kier molecular flexibility index (Phi) is 4.51. The number of hydrogen-bond donors (Lipinski definition) is 2. The van der Waals surface area contributed by atoms with Crippen LogP contribution >= 0.6 is 11.8 Å². The van der Waals surface area contributed by atoms with E-state index in [1.807, 2.05) is 55.3 Å². The first-order valence-corrected chi connectivity index (χ1v) is 9.47. The number of nitrogens with zero attached hydrogens (tertiary/aromatic N) is 1. The van der Waals surface area contributed by atoms with Gasteiger partial charge in [0.25, 0.3) is 0 Å². The highest BCUT2D eigenvalue weighted by Gasteiger charge is 2.19. The number of benzene rings is 1. The summed E-state index contributed by atoms with van der Waals surface area (Å²) < 4.78 is 5.55. The normalized spacial score (nSPS) is 17.9. The van der Waals surface area contributed by atoms with Crippen LogP contribution in [0.2, 0.25) is 0 Å². The van der Waals surface area contributed by atoms with E-state index in [0.717, 1.165) is 33.7 Å². The molecule has 0 spiro atoms. The highest BCUT2D eigenvalue weighted by atomic mass is 32.2. The number of aromatic amines is 1.